The average molecular weight is 563 g/mol. The molecule has 1 heterocycles. The van der Waals surface area contributed by atoms with Gasteiger partial charge in [-0.05, 0) is 36.5 Å². The third-order valence-corrected chi connectivity index (χ3v) is 6.32. The van der Waals surface area contributed by atoms with Crippen LogP contribution in [-0.4, -0.2) is 56.8 Å². The summed E-state index contributed by atoms with van der Waals surface area (Å²) in [6.45, 7) is 0.583. The number of nitrogens with zero attached hydrogens (tertiary/aromatic N) is 2. The minimum atomic E-state index is -5.26. The monoisotopic (exact) mass is 563 g/mol. The summed E-state index contributed by atoms with van der Waals surface area (Å²) >= 11 is 0. The zero-order chi connectivity index (χ0) is 21.7. The molecule has 0 spiro atoms. The number of hydrogen-bond donors (Lipinski definition) is 3. The standard InChI is InChI=1S/C17H24F3N5O3S.HI/c1-22-16(23-10-12-2-4-14(5-3-12)15(21)26)24-11-13-6-8-25(9-7-13)29(27,28)17(18,19)20;/h2-5,13H,6-11H2,1H3,(H2,21,26)(H2,22,23,24);1H. The summed E-state index contributed by atoms with van der Waals surface area (Å²) in [6.07, 6.45) is 0.655. The number of nitrogens with two attached hydrogens (primary N) is 1. The van der Waals surface area contributed by atoms with E-state index in [1.165, 1.54) is 0 Å². The summed E-state index contributed by atoms with van der Waals surface area (Å²) in [6, 6.07) is 6.77. The molecule has 170 valence electrons. The SMILES string of the molecule is CN=C(NCc1ccc(C(N)=O)cc1)NCC1CCN(S(=O)(=O)C(F)(F)F)CC1.I. The van der Waals surface area contributed by atoms with E-state index < -0.39 is 21.4 Å². The van der Waals surface area contributed by atoms with Crippen LogP contribution in [0, 0.1) is 5.92 Å². The van der Waals surface area contributed by atoms with Crippen LogP contribution in [0.2, 0.25) is 0 Å². The average Bonchev–Trinajstić information content (AvgIpc) is 2.68. The van der Waals surface area contributed by atoms with Crippen LogP contribution in [0.15, 0.2) is 29.3 Å². The lowest BCUT2D eigenvalue weighted by atomic mass is 9.98. The number of carbonyl (C=O) groups is 1. The molecule has 4 N–H and O–H groups in total. The third-order valence-electron chi connectivity index (χ3n) is 4.69. The lowest BCUT2D eigenvalue weighted by Crippen LogP contribution is -2.47. The van der Waals surface area contributed by atoms with Crippen LogP contribution in [0.4, 0.5) is 13.2 Å². The van der Waals surface area contributed by atoms with Crippen molar-refractivity contribution in [1.29, 1.82) is 0 Å². The summed E-state index contributed by atoms with van der Waals surface area (Å²) in [7, 11) is -3.67. The zero-order valence-electron chi connectivity index (χ0n) is 16.3. The van der Waals surface area contributed by atoms with Gasteiger partial charge in [0, 0.05) is 38.8 Å². The number of benzene rings is 1. The maximum absolute atomic E-state index is 12.6. The molecule has 0 saturated carbocycles. The van der Waals surface area contributed by atoms with E-state index in [0.717, 1.165) is 5.56 Å². The van der Waals surface area contributed by atoms with Gasteiger partial charge in [-0.2, -0.15) is 17.5 Å². The summed E-state index contributed by atoms with van der Waals surface area (Å²) in [5.41, 5.74) is 1.25. The Morgan fingerprint density at radius 2 is 1.77 bits per heavy atom. The number of amides is 1. The number of carbonyl (C=O) groups excluding carboxylic acids is 1. The number of halogens is 4. The molecule has 1 fully saturated rings. The van der Waals surface area contributed by atoms with Crippen molar-refractivity contribution in [1.82, 2.24) is 14.9 Å². The van der Waals surface area contributed by atoms with Crippen LogP contribution in [0.5, 0.6) is 0 Å². The molecule has 1 aliphatic rings. The fourth-order valence-corrected chi connectivity index (χ4v) is 3.92. The van der Waals surface area contributed by atoms with Crippen molar-refractivity contribution in [3.8, 4) is 0 Å². The van der Waals surface area contributed by atoms with Gasteiger partial charge in [0.15, 0.2) is 5.96 Å². The van der Waals surface area contributed by atoms with Gasteiger partial charge in [-0.15, -0.1) is 24.0 Å². The second-order valence-electron chi connectivity index (χ2n) is 6.66. The molecule has 0 radical (unpaired) electrons. The largest absolute Gasteiger partial charge is 0.511 e. The van der Waals surface area contributed by atoms with Gasteiger partial charge >= 0.3 is 15.5 Å². The molecule has 13 heteroatoms. The Labute approximate surface area is 190 Å². The molecule has 30 heavy (non-hydrogen) atoms. The fourth-order valence-electron chi connectivity index (χ4n) is 2.93. The molecular formula is C17H25F3IN5O3S. The highest BCUT2D eigenvalue weighted by Gasteiger charge is 2.50. The topological polar surface area (TPSA) is 117 Å². The van der Waals surface area contributed by atoms with Crippen molar-refractivity contribution < 1.29 is 26.4 Å². The van der Waals surface area contributed by atoms with Crippen LogP contribution >= 0.6 is 24.0 Å². The van der Waals surface area contributed by atoms with Gasteiger partial charge < -0.3 is 16.4 Å². The molecule has 0 unspecified atom stereocenters. The number of sulfonamides is 1. The van der Waals surface area contributed by atoms with Crippen molar-refractivity contribution in [2.45, 2.75) is 24.9 Å². The first kappa shape index (κ1) is 26.4. The van der Waals surface area contributed by atoms with Gasteiger partial charge in [0.25, 0.3) is 0 Å². The smallest absolute Gasteiger partial charge is 0.366 e. The van der Waals surface area contributed by atoms with Gasteiger partial charge in [-0.25, -0.2) is 8.42 Å². The van der Waals surface area contributed by atoms with E-state index in [9.17, 15) is 26.4 Å². The summed E-state index contributed by atoms with van der Waals surface area (Å²) in [5.74, 6) is 0.0356. The van der Waals surface area contributed by atoms with Crippen molar-refractivity contribution >= 4 is 45.9 Å². The molecule has 2 rings (SSSR count). The number of rotatable bonds is 6. The first-order chi connectivity index (χ1) is 13.5. The Hall–Kier alpha value is -1.61. The first-order valence-electron chi connectivity index (χ1n) is 8.94. The van der Waals surface area contributed by atoms with Crippen LogP contribution in [0.3, 0.4) is 0 Å². The number of guanidine groups is 1. The molecule has 1 amide bonds. The number of primary amides is 1. The molecule has 1 aromatic rings. The van der Waals surface area contributed by atoms with Crippen LogP contribution in [0.1, 0.15) is 28.8 Å². The van der Waals surface area contributed by atoms with Crippen molar-refractivity contribution in [3.05, 3.63) is 35.4 Å². The van der Waals surface area contributed by atoms with E-state index in [-0.39, 0.29) is 43.0 Å². The van der Waals surface area contributed by atoms with Crippen LogP contribution in [0.25, 0.3) is 0 Å². The Bertz CT molecular complexity index is 839. The van der Waals surface area contributed by atoms with E-state index >= 15 is 0 Å². The van der Waals surface area contributed by atoms with Crippen molar-refractivity contribution in [2.24, 2.45) is 16.6 Å². The Balaban J connectivity index is 0.00000450. The van der Waals surface area contributed by atoms with Crippen molar-refractivity contribution in [3.63, 3.8) is 0 Å². The highest BCUT2D eigenvalue weighted by molar-refractivity contribution is 14.0. The minimum Gasteiger partial charge on any atom is -0.366 e. The lowest BCUT2D eigenvalue weighted by Gasteiger charge is -2.31. The summed E-state index contributed by atoms with van der Waals surface area (Å²) in [5, 5.41) is 6.19. The van der Waals surface area contributed by atoms with E-state index in [0.29, 0.717) is 41.8 Å². The molecule has 8 nitrogen and oxygen atoms in total. The molecule has 0 atom stereocenters. The fraction of sp³-hybridized carbons (Fsp3) is 0.529. The maximum Gasteiger partial charge on any atom is 0.511 e. The number of piperidine rings is 1. The highest BCUT2D eigenvalue weighted by Crippen LogP contribution is 2.30. The van der Waals surface area contributed by atoms with E-state index in [1.54, 1.807) is 31.3 Å². The summed E-state index contributed by atoms with van der Waals surface area (Å²) in [4.78, 5) is 15.2. The van der Waals surface area contributed by atoms with Crippen molar-refractivity contribution in [2.75, 3.05) is 26.7 Å². The van der Waals surface area contributed by atoms with Gasteiger partial charge in [-0.3, -0.25) is 9.79 Å². The van der Waals surface area contributed by atoms with Crippen LogP contribution in [-0.2, 0) is 16.6 Å². The number of nitrogens with one attached hydrogen (secondary N) is 2. The highest BCUT2D eigenvalue weighted by atomic mass is 127. The molecule has 1 aliphatic heterocycles. The minimum absolute atomic E-state index is 0. The number of aliphatic imine (C=N–C) groups is 1. The lowest BCUT2D eigenvalue weighted by molar-refractivity contribution is -0.0496. The van der Waals surface area contributed by atoms with Gasteiger partial charge in [0.2, 0.25) is 5.91 Å². The van der Waals surface area contributed by atoms with E-state index in [4.69, 9.17) is 5.73 Å². The second kappa shape index (κ2) is 11.1. The molecule has 0 aliphatic carbocycles. The number of hydrogen-bond acceptors (Lipinski definition) is 4. The number of alkyl halides is 3. The molecule has 1 saturated heterocycles. The normalized spacial score (nSPS) is 16.6. The molecule has 1 aromatic carbocycles. The molecule has 0 bridgehead atoms. The quantitative estimate of drug-likeness (QED) is 0.277. The Morgan fingerprint density at radius 1 is 1.20 bits per heavy atom. The molecule has 0 aromatic heterocycles. The zero-order valence-corrected chi connectivity index (χ0v) is 19.4. The predicted molar refractivity (Wildman–Crippen MR) is 118 cm³/mol. The van der Waals surface area contributed by atoms with Crippen LogP contribution < -0.4 is 16.4 Å². The van der Waals surface area contributed by atoms with Gasteiger partial charge in [-0.1, -0.05) is 12.1 Å². The van der Waals surface area contributed by atoms with Gasteiger partial charge in [0.1, 0.15) is 0 Å². The van der Waals surface area contributed by atoms with Gasteiger partial charge in [0.05, 0.1) is 0 Å². The second-order valence-corrected chi connectivity index (χ2v) is 8.59. The Kier molecular flexibility index (Phi) is 9.81. The molecular weight excluding hydrogens is 538 g/mol. The Morgan fingerprint density at radius 3 is 2.23 bits per heavy atom. The van der Waals surface area contributed by atoms with E-state index in [2.05, 4.69) is 15.6 Å². The maximum atomic E-state index is 12.6. The predicted octanol–water partition coefficient (Wildman–Crippen LogP) is 1.63. The summed E-state index contributed by atoms with van der Waals surface area (Å²) < 4.78 is 61.2. The first-order valence-corrected chi connectivity index (χ1v) is 10.4. The van der Waals surface area contributed by atoms with E-state index in [1.807, 2.05) is 0 Å². The third kappa shape index (κ3) is 6.97.